The average molecular weight is 310 g/mol. The minimum absolute atomic E-state index is 0.174. The molecule has 1 heterocycles. The van der Waals surface area contributed by atoms with Crippen molar-refractivity contribution < 1.29 is 0 Å². The van der Waals surface area contributed by atoms with Gasteiger partial charge in [0, 0.05) is 5.02 Å². The first-order chi connectivity index (χ1) is 10.7. The number of nitriles is 1. The Kier molecular flexibility index (Phi) is 3.77. The SMILES string of the molecule is Cc1ccc(NN=C(C#N)c2nc3ccccc3[nH]2)cc1Cl. The Hall–Kier alpha value is -2.84. The number of aromatic amines is 1. The summed E-state index contributed by atoms with van der Waals surface area (Å²) in [6, 6.07) is 15.1. The molecule has 0 aliphatic heterocycles. The first kappa shape index (κ1) is 14.1. The van der Waals surface area contributed by atoms with Crippen molar-refractivity contribution in [2.45, 2.75) is 6.92 Å². The van der Waals surface area contributed by atoms with Crippen molar-refractivity contribution in [1.82, 2.24) is 9.97 Å². The van der Waals surface area contributed by atoms with Gasteiger partial charge in [-0.05, 0) is 36.8 Å². The largest absolute Gasteiger partial charge is 0.336 e. The van der Waals surface area contributed by atoms with Gasteiger partial charge in [-0.2, -0.15) is 10.4 Å². The first-order valence-electron chi connectivity index (χ1n) is 6.62. The van der Waals surface area contributed by atoms with Crippen LogP contribution in [0, 0.1) is 18.3 Å². The van der Waals surface area contributed by atoms with E-state index in [1.807, 2.05) is 49.4 Å². The monoisotopic (exact) mass is 309 g/mol. The molecule has 1 aromatic heterocycles. The molecule has 0 saturated heterocycles. The van der Waals surface area contributed by atoms with Crippen LogP contribution in [0.4, 0.5) is 5.69 Å². The lowest BCUT2D eigenvalue weighted by Gasteiger charge is -2.03. The maximum absolute atomic E-state index is 9.27. The van der Waals surface area contributed by atoms with E-state index in [0.29, 0.717) is 16.5 Å². The molecular weight excluding hydrogens is 298 g/mol. The molecule has 5 nitrogen and oxygen atoms in total. The Morgan fingerprint density at radius 3 is 2.86 bits per heavy atom. The van der Waals surface area contributed by atoms with Crippen LogP contribution in [0.15, 0.2) is 47.6 Å². The lowest BCUT2D eigenvalue weighted by Crippen LogP contribution is -2.04. The van der Waals surface area contributed by atoms with Gasteiger partial charge in [-0.3, -0.25) is 5.43 Å². The molecule has 0 aliphatic carbocycles. The second-order valence-electron chi connectivity index (χ2n) is 4.75. The van der Waals surface area contributed by atoms with E-state index in [1.54, 1.807) is 6.07 Å². The third kappa shape index (κ3) is 2.78. The highest BCUT2D eigenvalue weighted by Crippen LogP contribution is 2.20. The molecular formula is C16H12ClN5. The van der Waals surface area contributed by atoms with Gasteiger partial charge in [-0.25, -0.2) is 4.98 Å². The molecule has 3 rings (SSSR count). The minimum Gasteiger partial charge on any atom is -0.336 e. The van der Waals surface area contributed by atoms with E-state index < -0.39 is 0 Å². The first-order valence-corrected chi connectivity index (χ1v) is 7.00. The molecule has 0 atom stereocenters. The van der Waals surface area contributed by atoms with Crippen LogP contribution in [0.2, 0.25) is 5.02 Å². The number of aryl methyl sites for hydroxylation is 1. The van der Waals surface area contributed by atoms with Crippen molar-refractivity contribution in [2.24, 2.45) is 5.10 Å². The van der Waals surface area contributed by atoms with Crippen molar-refractivity contribution in [1.29, 1.82) is 5.26 Å². The summed E-state index contributed by atoms with van der Waals surface area (Å²) in [5.41, 5.74) is 6.34. The Bertz CT molecular complexity index is 871. The van der Waals surface area contributed by atoms with Crippen LogP contribution in [0.5, 0.6) is 0 Å². The molecule has 3 aromatic rings. The lowest BCUT2D eigenvalue weighted by molar-refractivity contribution is 1.25. The fraction of sp³-hybridized carbons (Fsp3) is 0.0625. The number of imidazole rings is 1. The number of hydrazone groups is 1. The molecule has 0 bridgehead atoms. The van der Waals surface area contributed by atoms with Gasteiger partial charge in [0.2, 0.25) is 5.71 Å². The molecule has 0 saturated carbocycles. The maximum atomic E-state index is 9.27. The normalized spacial score (nSPS) is 11.4. The van der Waals surface area contributed by atoms with Crippen molar-refractivity contribution in [3.63, 3.8) is 0 Å². The van der Waals surface area contributed by atoms with Crippen LogP contribution in [-0.4, -0.2) is 15.7 Å². The molecule has 0 aliphatic rings. The van der Waals surface area contributed by atoms with Crippen molar-refractivity contribution in [3.8, 4) is 6.07 Å². The number of aromatic nitrogens is 2. The summed E-state index contributed by atoms with van der Waals surface area (Å²) < 4.78 is 0. The summed E-state index contributed by atoms with van der Waals surface area (Å²) in [5.74, 6) is 0.425. The third-order valence-corrected chi connectivity index (χ3v) is 3.60. The van der Waals surface area contributed by atoms with Crippen LogP contribution in [0.3, 0.4) is 0 Å². The Morgan fingerprint density at radius 1 is 1.32 bits per heavy atom. The summed E-state index contributed by atoms with van der Waals surface area (Å²) in [7, 11) is 0. The molecule has 0 spiro atoms. The number of para-hydroxylation sites is 2. The van der Waals surface area contributed by atoms with E-state index in [-0.39, 0.29) is 5.71 Å². The predicted molar refractivity (Wildman–Crippen MR) is 88.1 cm³/mol. The summed E-state index contributed by atoms with van der Waals surface area (Å²) >= 11 is 6.06. The van der Waals surface area contributed by atoms with Gasteiger partial charge in [0.25, 0.3) is 0 Å². The number of H-pyrrole nitrogens is 1. The molecule has 0 unspecified atom stereocenters. The fourth-order valence-corrected chi connectivity index (χ4v) is 2.16. The van der Waals surface area contributed by atoms with Gasteiger partial charge in [-0.1, -0.05) is 29.8 Å². The summed E-state index contributed by atoms with van der Waals surface area (Å²) in [4.78, 5) is 7.43. The molecule has 0 amide bonds. The third-order valence-electron chi connectivity index (χ3n) is 3.19. The van der Waals surface area contributed by atoms with Crippen molar-refractivity contribution in [2.75, 3.05) is 5.43 Å². The quantitative estimate of drug-likeness (QED) is 0.569. The van der Waals surface area contributed by atoms with E-state index in [2.05, 4.69) is 20.5 Å². The zero-order chi connectivity index (χ0) is 15.5. The van der Waals surface area contributed by atoms with E-state index in [4.69, 9.17) is 11.6 Å². The topological polar surface area (TPSA) is 76.9 Å². The molecule has 2 N–H and O–H groups in total. The minimum atomic E-state index is 0.174. The number of anilines is 1. The second-order valence-corrected chi connectivity index (χ2v) is 5.16. The summed E-state index contributed by atoms with van der Waals surface area (Å²) in [6.07, 6.45) is 0. The van der Waals surface area contributed by atoms with E-state index in [0.717, 1.165) is 16.6 Å². The number of rotatable bonds is 3. The van der Waals surface area contributed by atoms with E-state index >= 15 is 0 Å². The second kappa shape index (κ2) is 5.88. The van der Waals surface area contributed by atoms with Gasteiger partial charge in [0.15, 0.2) is 5.82 Å². The van der Waals surface area contributed by atoms with Crippen LogP contribution in [-0.2, 0) is 0 Å². The number of hydrogen-bond acceptors (Lipinski definition) is 4. The van der Waals surface area contributed by atoms with Crippen LogP contribution in [0.1, 0.15) is 11.4 Å². The Morgan fingerprint density at radius 2 is 2.14 bits per heavy atom. The number of fused-ring (bicyclic) bond motifs is 1. The fourth-order valence-electron chi connectivity index (χ4n) is 1.98. The lowest BCUT2D eigenvalue weighted by atomic mass is 10.2. The van der Waals surface area contributed by atoms with E-state index in [1.165, 1.54) is 0 Å². The Balaban J connectivity index is 1.90. The molecule has 108 valence electrons. The van der Waals surface area contributed by atoms with E-state index in [9.17, 15) is 5.26 Å². The maximum Gasteiger partial charge on any atom is 0.203 e. The van der Waals surface area contributed by atoms with Crippen LogP contribution in [0.25, 0.3) is 11.0 Å². The summed E-state index contributed by atoms with van der Waals surface area (Å²) in [6.45, 7) is 1.92. The highest BCUT2D eigenvalue weighted by molar-refractivity contribution is 6.31. The average Bonchev–Trinajstić information content (AvgIpc) is 2.95. The molecule has 0 radical (unpaired) electrons. The van der Waals surface area contributed by atoms with Crippen LogP contribution >= 0.6 is 11.6 Å². The zero-order valence-corrected chi connectivity index (χ0v) is 12.5. The summed E-state index contributed by atoms with van der Waals surface area (Å²) in [5, 5.41) is 14.0. The van der Waals surface area contributed by atoms with Gasteiger partial charge >= 0.3 is 0 Å². The highest BCUT2D eigenvalue weighted by atomic mass is 35.5. The highest BCUT2D eigenvalue weighted by Gasteiger charge is 2.09. The molecule has 2 aromatic carbocycles. The van der Waals surface area contributed by atoms with Crippen LogP contribution < -0.4 is 5.43 Å². The van der Waals surface area contributed by atoms with Gasteiger partial charge in [0.1, 0.15) is 6.07 Å². The standard InChI is InChI=1S/C16H12ClN5/c1-10-6-7-11(8-12(10)17)21-22-15(9-18)16-19-13-4-2-3-5-14(13)20-16/h2-8,21H,1H3,(H,19,20). The number of halogens is 1. The van der Waals surface area contributed by atoms with Gasteiger partial charge in [-0.15, -0.1) is 0 Å². The smallest absolute Gasteiger partial charge is 0.203 e. The zero-order valence-electron chi connectivity index (χ0n) is 11.8. The van der Waals surface area contributed by atoms with Gasteiger partial charge in [0.05, 0.1) is 16.7 Å². The number of benzene rings is 2. The number of nitrogens with zero attached hydrogens (tertiary/aromatic N) is 3. The van der Waals surface area contributed by atoms with Crippen molar-refractivity contribution in [3.05, 3.63) is 58.9 Å². The molecule has 0 fully saturated rings. The molecule has 22 heavy (non-hydrogen) atoms. The van der Waals surface area contributed by atoms with Crippen molar-refractivity contribution >= 4 is 34.0 Å². The number of hydrogen-bond donors (Lipinski definition) is 2. The Labute approximate surface area is 132 Å². The predicted octanol–water partition coefficient (Wildman–Crippen LogP) is 3.86. The number of nitrogens with one attached hydrogen (secondary N) is 2. The van der Waals surface area contributed by atoms with Gasteiger partial charge < -0.3 is 4.98 Å². The molecule has 6 heteroatoms.